The number of benzene rings is 2. The minimum absolute atomic E-state index is 0.0181. The molecule has 2 rings (SSSR count). The number of aliphatic hydroxyl groups is 1. The first kappa shape index (κ1) is 13.4. The summed E-state index contributed by atoms with van der Waals surface area (Å²) >= 11 is 6.08. The monoisotopic (exact) mass is 272 g/mol. The molecule has 0 aliphatic carbocycles. The van der Waals surface area contributed by atoms with Gasteiger partial charge in [0.25, 0.3) is 0 Å². The Morgan fingerprint density at radius 3 is 2.74 bits per heavy atom. The second kappa shape index (κ2) is 6.24. The molecule has 2 N–H and O–H groups in total. The second-order valence-corrected chi connectivity index (χ2v) is 4.55. The van der Waals surface area contributed by atoms with Crippen molar-refractivity contribution >= 4 is 17.3 Å². The summed E-state index contributed by atoms with van der Waals surface area (Å²) in [6.07, 6.45) is 0. The molecule has 0 atom stereocenters. The summed E-state index contributed by atoms with van der Waals surface area (Å²) in [5, 5.41) is 21.7. The number of hydrogen-bond acceptors (Lipinski definition) is 3. The van der Waals surface area contributed by atoms with Crippen molar-refractivity contribution in [2.45, 2.75) is 13.2 Å². The molecule has 0 radical (unpaired) electrons. The zero-order valence-electron chi connectivity index (χ0n) is 10.2. The lowest BCUT2D eigenvalue weighted by atomic mass is 10.1. The van der Waals surface area contributed by atoms with Gasteiger partial charge in [0.1, 0.15) is 0 Å². The van der Waals surface area contributed by atoms with Crippen molar-refractivity contribution in [1.29, 1.82) is 5.26 Å². The van der Waals surface area contributed by atoms with E-state index >= 15 is 0 Å². The van der Waals surface area contributed by atoms with Crippen LogP contribution < -0.4 is 5.32 Å². The number of anilines is 1. The number of hydrogen-bond donors (Lipinski definition) is 2. The molecule has 0 saturated heterocycles. The highest BCUT2D eigenvalue weighted by Crippen LogP contribution is 2.23. The summed E-state index contributed by atoms with van der Waals surface area (Å²) in [7, 11) is 0. The van der Waals surface area contributed by atoms with Gasteiger partial charge in [-0.3, -0.25) is 0 Å². The minimum Gasteiger partial charge on any atom is -0.392 e. The molecule has 0 unspecified atom stereocenters. The van der Waals surface area contributed by atoms with Crippen LogP contribution in [0.15, 0.2) is 42.5 Å². The lowest BCUT2D eigenvalue weighted by molar-refractivity contribution is 0.282. The molecule has 0 heterocycles. The molecule has 19 heavy (non-hydrogen) atoms. The topological polar surface area (TPSA) is 56.0 Å². The summed E-state index contributed by atoms with van der Waals surface area (Å²) in [5.41, 5.74) is 3.22. The Morgan fingerprint density at radius 1 is 1.16 bits per heavy atom. The van der Waals surface area contributed by atoms with E-state index in [0.29, 0.717) is 17.1 Å². The lowest BCUT2D eigenvalue weighted by Gasteiger charge is -2.10. The van der Waals surface area contributed by atoms with Gasteiger partial charge in [-0.1, -0.05) is 29.8 Å². The van der Waals surface area contributed by atoms with Gasteiger partial charge in [0, 0.05) is 6.54 Å². The molecule has 2 aromatic rings. The van der Waals surface area contributed by atoms with Crippen molar-refractivity contribution in [1.82, 2.24) is 0 Å². The third-order valence-corrected chi connectivity index (χ3v) is 3.08. The van der Waals surface area contributed by atoms with Crippen molar-refractivity contribution in [3.8, 4) is 6.07 Å². The summed E-state index contributed by atoms with van der Waals surface area (Å²) < 4.78 is 0. The number of nitrogens with zero attached hydrogens (tertiary/aromatic N) is 1. The standard InChI is InChI=1S/C15H13ClN2O/c16-14-5-4-13(10-19)7-15(14)18-9-12-3-1-2-11(6-12)8-17/h1-7,18-19H,9-10H2. The second-order valence-electron chi connectivity index (χ2n) is 4.14. The molecule has 3 nitrogen and oxygen atoms in total. The van der Waals surface area contributed by atoms with Gasteiger partial charge in [0.15, 0.2) is 0 Å². The highest BCUT2D eigenvalue weighted by Gasteiger charge is 2.02. The zero-order chi connectivity index (χ0) is 13.7. The number of nitriles is 1. The Hall–Kier alpha value is -2.02. The summed E-state index contributed by atoms with van der Waals surface area (Å²) in [4.78, 5) is 0. The highest BCUT2D eigenvalue weighted by molar-refractivity contribution is 6.33. The maximum atomic E-state index is 9.10. The quantitative estimate of drug-likeness (QED) is 0.898. The Morgan fingerprint density at radius 2 is 2.00 bits per heavy atom. The smallest absolute Gasteiger partial charge is 0.0991 e. The van der Waals surface area contributed by atoms with Crippen molar-refractivity contribution < 1.29 is 5.11 Å². The first-order valence-corrected chi connectivity index (χ1v) is 6.23. The van der Waals surface area contributed by atoms with Crippen LogP contribution >= 0.6 is 11.6 Å². The normalized spacial score (nSPS) is 9.95. The average molecular weight is 273 g/mol. The molecular weight excluding hydrogens is 260 g/mol. The molecule has 0 saturated carbocycles. The molecular formula is C15H13ClN2O. The van der Waals surface area contributed by atoms with Crippen LogP contribution in [0.4, 0.5) is 5.69 Å². The largest absolute Gasteiger partial charge is 0.392 e. The van der Waals surface area contributed by atoms with E-state index in [1.54, 1.807) is 18.2 Å². The highest BCUT2D eigenvalue weighted by atomic mass is 35.5. The van der Waals surface area contributed by atoms with E-state index in [2.05, 4.69) is 11.4 Å². The zero-order valence-corrected chi connectivity index (χ0v) is 11.0. The Bertz CT molecular complexity index is 620. The van der Waals surface area contributed by atoms with Crippen LogP contribution in [-0.4, -0.2) is 5.11 Å². The van der Waals surface area contributed by atoms with Crippen LogP contribution in [0.2, 0.25) is 5.02 Å². The molecule has 4 heteroatoms. The SMILES string of the molecule is N#Cc1cccc(CNc2cc(CO)ccc2Cl)c1. The fourth-order valence-electron chi connectivity index (χ4n) is 1.75. The van der Waals surface area contributed by atoms with Crippen LogP contribution in [0, 0.1) is 11.3 Å². The van der Waals surface area contributed by atoms with Gasteiger partial charge < -0.3 is 10.4 Å². The van der Waals surface area contributed by atoms with Crippen molar-refractivity contribution in [3.05, 3.63) is 64.2 Å². The van der Waals surface area contributed by atoms with Crippen molar-refractivity contribution in [2.75, 3.05) is 5.32 Å². The lowest BCUT2D eigenvalue weighted by Crippen LogP contribution is -2.01. The fourth-order valence-corrected chi connectivity index (χ4v) is 1.94. The minimum atomic E-state index is -0.0181. The van der Waals surface area contributed by atoms with Crippen LogP contribution in [0.5, 0.6) is 0 Å². The average Bonchev–Trinajstić information content (AvgIpc) is 2.46. The van der Waals surface area contributed by atoms with E-state index in [1.807, 2.05) is 24.3 Å². The van der Waals surface area contributed by atoms with Gasteiger partial charge in [0.05, 0.1) is 28.9 Å². The van der Waals surface area contributed by atoms with E-state index in [-0.39, 0.29) is 6.61 Å². The molecule has 96 valence electrons. The number of halogens is 1. The number of rotatable bonds is 4. The van der Waals surface area contributed by atoms with E-state index in [1.165, 1.54) is 0 Å². The molecule has 0 amide bonds. The molecule has 0 spiro atoms. The molecule has 0 fully saturated rings. The third-order valence-electron chi connectivity index (χ3n) is 2.75. The van der Waals surface area contributed by atoms with E-state index in [4.69, 9.17) is 22.0 Å². The Labute approximate surface area is 117 Å². The van der Waals surface area contributed by atoms with Gasteiger partial charge in [-0.05, 0) is 35.4 Å². The van der Waals surface area contributed by atoms with Gasteiger partial charge in [0.2, 0.25) is 0 Å². The van der Waals surface area contributed by atoms with Gasteiger partial charge in [-0.2, -0.15) is 5.26 Å². The van der Waals surface area contributed by atoms with E-state index in [9.17, 15) is 0 Å². The first-order chi connectivity index (χ1) is 9.22. The third kappa shape index (κ3) is 3.47. The van der Waals surface area contributed by atoms with Crippen molar-refractivity contribution in [3.63, 3.8) is 0 Å². The molecule has 0 aliphatic rings. The van der Waals surface area contributed by atoms with Gasteiger partial charge in [-0.25, -0.2) is 0 Å². The molecule has 0 aliphatic heterocycles. The fraction of sp³-hybridized carbons (Fsp3) is 0.133. The maximum Gasteiger partial charge on any atom is 0.0991 e. The molecule has 0 aromatic heterocycles. The van der Waals surface area contributed by atoms with Crippen molar-refractivity contribution in [2.24, 2.45) is 0 Å². The van der Waals surface area contributed by atoms with E-state index < -0.39 is 0 Å². The van der Waals surface area contributed by atoms with Crippen LogP contribution in [0.25, 0.3) is 0 Å². The summed E-state index contributed by atoms with van der Waals surface area (Å²) in [6, 6.07) is 14.8. The summed E-state index contributed by atoms with van der Waals surface area (Å²) in [5.74, 6) is 0. The van der Waals surface area contributed by atoms with Crippen LogP contribution in [-0.2, 0) is 13.2 Å². The Balaban J connectivity index is 2.12. The molecule has 0 bridgehead atoms. The first-order valence-electron chi connectivity index (χ1n) is 5.85. The maximum absolute atomic E-state index is 9.10. The molecule has 2 aromatic carbocycles. The Kier molecular flexibility index (Phi) is 4.40. The predicted molar refractivity (Wildman–Crippen MR) is 75.9 cm³/mol. The predicted octanol–water partition coefficient (Wildman–Crippen LogP) is 3.32. The van der Waals surface area contributed by atoms with Crippen LogP contribution in [0.3, 0.4) is 0 Å². The van der Waals surface area contributed by atoms with Gasteiger partial charge >= 0.3 is 0 Å². The number of nitrogens with one attached hydrogen (secondary N) is 1. The van der Waals surface area contributed by atoms with Crippen LogP contribution in [0.1, 0.15) is 16.7 Å². The number of aliphatic hydroxyl groups excluding tert-OH is 1. The summed E-state index contributed by atoms with van der Waals surface area (Å²) in [6.45, 7) is 0.555. The van der Waals surface area contributed by atoms with Gasteiger partial charge in [-0.15, -0.1) is 0 Å². The van der Waals surface area contributed by atoms with E-state index in [0.717, 1.165) is 16.8 Å².